The molecule has 0 aromatic carbocycles. The molecule has 5 fully saturated rings. The minimum atomic E-state index is 0.0422. The molecule has 5 aliphatic rings. The van der Waals surface area contributed by atoms with E-state index in [4.69, 9.17) is 4.74 Å². The molecular weight excluding hydrogens is 560 g/mol. The normalized spacial score (nSPS) is 42.8. The van der Waals surface area contributed by atoms with Gasteiger partial charge in [0.05, 0.1) is 0 Å². The van der Waals surface area contributed by atoms with Crippen molar-refractivity contribution in [2.75, 3.05) is 0 Å². The highest BCUT2D eigenvalue weighted by Gasteiger charge is 2.70. The molecule has 0 aromatic heterocycles. The van der Waals surface area contributed by atoms with Crippen molar-refractivity contribution in [2.45, 2.75) is 203 Å². The van der Waals surface area contributed by atoms with Crippen molar-refractivity contribution in [1.29, 1.82) is 0 Å². The summed E-state index contributed by atoms with van der Waals surface area (Å²) >= 11 is 0. The first-order valence-electron chi connectivity index (χ1n) is 20.6. The maximum atomic E-state index is 13.1. The number of ether oxygens (including phenoxy) is 1. The van der Waals surface area contributed by atoms with Crippen LogP contribution in [0, 0.1) is 56.7 Å². The predicted molar refractivity (Wildman–Crippen MR) is 196 cm³/mol. The standard InChI is InChI=1S/C44H76O2/c1-10-11-12-13-14-15-16-17-18-19-20-21-38(45)46-37-26-28-42(7)35(40(37,4)5)25-29-44(9)36(42)23-22-34-39-33(32(2)3)24-27-41(39,6)30-31-43(34,44)8/h33-37,39H,2,10-31H2,1,3-9H3/t33-,34+,35-,36+,37?,39+,41+,42-,43+,44+/m0/s1. The Bertz CT molecular complexity index is 1060. The molecule has 0 aromatic rings. The lowest BCUT2D eigenvalue weighted by Crippen LogP contribution is -2.66. The van der Waals surface area contributed by atoms with E-state index in [1.165, 1.54) is 128 Å². The van der Waals surface area contributed by atoms with Crippen molar-refractivity contribution < 1.29 is 9.53 Å². The predicted octanol–water partition coefficient (Wildman–Crippen LogP) is 13.3. The number of carbonyl (C=O) groups excluding carboxylic acids is 1. The van der Waals surface area contributed by atoms with Gasteiger partial charge in [0, 0.05) is 11.8 Å². The first-order chi connectivity index (χ1) is 21.7. The summed E-state index contributed by atoms with van der Waals surface area (Å²) in [6, 6.07) is 0. The van der Waals surface area contributed by atoms with Crippen molar-refractivity contribution >= 4 is 5.97 Å². The highest BCUT2D eigenvalue weighted by atomic mass is 16.5. The smallest absolute Gasteiger partial charge is 0.306 e. The van der Waals surface area contributed by atoms with Crippen LogP contribution in [0.3, 0.4) is 0 Å². The summed E-state index contributed by atoms with van der Waals surface area (Å²) in [6.45, 7) is 24.9. The fourth-order valence-corrected chi connectivity index (χ4v) is 13.8. The maximum Gasteiger partial charge on any atom is 0.306 e. The Kier molecular flexibility index (Phi) is 11.3. The number of unbranched alkanes of at least 4 members (excludes halogenated alkanes) is 10. The zero-order chi connectivity index (χ0) is 33.4. The van der Waals surface area contributed by atoms with E-state index in [0.717, 1.165) is 36.5 Å². The van der Waals surface area contributed by atoms with E-state index in [1.807, 2.05) is 0 Å². The number of esters is 1. The van der Waals surface area contributed by atoms with E-state index in [1.54, 1.807) is 0 Å². The van der Waals surface area contributed by atoms with Gasteiger partial charge in [-0.15, -0.1) is 0 Å². The van der Waals surface area contributed by atoms with E-state index in [0.29, 0.717) is 34.0 Å². The lowest BCUT2D eigenvalue weighted by Gasteiger charge is -2.73. The Morgan fingerprint density at radius 1 is 0.674 bits per heavy atom. The summed E-state index contributed by atoms with van der Waals surface area (Å²) in [6.07, 6.45) is 28.5. The molecule has 46 heavy (non-hydrogen) atoms. The molecule has 1 unspecified atom stereocenters. The average Bonchev–Trinajstić information content (AvgIpc) is 3.35. The molecule has 5 aliphatic carbocycles. The summed E-state index contributed by atoms with van der Waals surface area (Å²) in [4.78, 5) is 13.1. The third-order valence-corrected chi connectivity index (χ3v) is 16.7. The summed E-state index contributed by atoms with van der Waals surface area (Å²) < 4.78 is 6.40. The molecule has 0 heterocycles. The maximum absolute atomic E-state index is 13.1. The largest absolute Gasteiger partial charge is 0.462 e. The highest BCUT2D eigenvalue weighted by Crippen LogP contribution is 2.77. The van der Waals surface area contributed by atoms with Gasteiger partial charge in [-0.25, -0.2) is 0 Å². The third-order valence-electron chi connectivity index (χ3n) is 16.7. The first-order valence-corrected chi connectivity index (χ1v) is 20.6. The van der Waals surface area contributed by atoms with Crippen LogP contribution in [-0.2, 0) is 9.53 Å². The van der Waals surface area contributed by atoms with Gasteiger partial charge in [-0.05, 0) is 129 Å². The second kappa shape index (κ2) is 14.2. The minimum absolute atomic E-state index is 0.0422. The Hall–Kier alpha value is -0.790. The van der Waals surface area contributed by atoms with E-state index in [2.05, 4.69) is 62.0 Å². The van der Waals surface area contributed by atoms with Gasteiger partial charge in [0.15, 0.2) is 0 Å². The Morgan fingerprint density at radius 3 is 1.93 bits per heavy atom. The van der Waals surface area contributed by atoms with E-state index in [9.17, 15) is 4.79 Å². The molecular formula is C44H76O2. The number of carbonyl (C=O) groups is 1. The summed E-state index contributed by atoms with van der Waals surface area (Å²) in [5, 5.41) is 0. The van der Waals surface area contributed by atoms with Crippen LogP contribution in [0.25, 0.3) is 0 Å². The summed E-state index contributed by atoms with van der Waals surface area (Å²) in [5.74, 6) is 3.89. The van der Waals surface area contributed by atoms with Gasteiger partial charge < -0.3 is 4.74 Å². The molecule has 5 rings (SSSR count). The van der Waals surface area contributed by atoms with Crippen LogP contribution in [0.2, 0.25) is 0 Å². The van der Waals surface area contributed by atoms with Gasteiger partial charge in [0.1, 0.15) is 6.10 Å². The molecule has 0 aliphatic heterocycles. The van der Waals surface area contributed by atoms with Crippen LogP contribution >= 0.6 is 0 Å². The van der Waals surface area contributed by atoms with Crippen LogP contribution in [0.4, 0.5) is 0 Å². The Labute approximate surface area is 286 Å². The van der Waals surface area contributed by atoms with Crippen LogP contribution in [0.15, 0.2) is 12.2 Å². The van der Waals surface area contributed by atoms with Crippen LogP contribution < -0.4 is 0 Å². The summed E-state index contributed by atoms with van der Waals surface area (Å²) in [5.41, 5.74) is 3.19. The molecule has 0 saturated heterocycles. The average molecular weight is 637 g/mol. The second-order valence-electron chi connectivity index (χ2n) is 19.5. The second-order valence-corrected chi connectivity index (χ2v) is 19.5. The SMILES string of the molecule is C=C(C)[C@@H]1CC[C@]2(C)CC[C@]3(C)[C@H](CC[C@@H]4[C@@]5(C)CCC(OC(=O)CCCCCCCCCCCCC)C(C)(C)[C@@H]5CC[C@]43C)[C@@H]12. The highest BCUT2D eigenvalue weighted by molar-refractivity contribution is 5.69. The van der Waals surface area contributed by atoms with E-state index >= 15 is 0 Å². The zero-order valence-corrected chi connectivity index (χ0v) is 32.0. The van der Waals surface area contributed by atoms with Crippen molar-refractivity contribution in [3.8, 4) is 0 Å². The van der Waals surface area contributed by atoms with Gasteiger partial charge >= 0.3 is 5.97 Å². The minimum Gasteiger partial charge on any atom is -0.462 e. The van der Waals surface area contributed by atoms with Crippen molar-refractivity contribution in [3.63, 3.8) is 0 Å². The summed E-state index contributed by atoms with van der Waals surface area (Å²) in [7, 11) is 0. The third kappa shape index (κ3) is 6.45. The van der Waals surface area contributed by atoms with Crippen LogP contribution in [-0.4, -0.2) is 12.1 Å². The molecule has 2 nitrogen and oxygen atoms in total. The molecule has 0 spiro atoms. The molecule has 10 atom stereocenters. The fraction of sp³-hybridized carbons (Fsp3) is 0.932. The lowest BCUT2D eigenvalue weighted by atomic mass is 9.32. The molecule has 264 valence electrons. The Balaban J connectivity index is 1.16. The topological polar surface area (TPSA) is 26.3 Å². The van der Waals surface area contributed by atoms with Gasteiger partial charge in [-0.2, -0.15) is 0 Å². The van der Waals surface area contributed by atoms with E-state index in [-0.39, 0.29) is 17.5 Å². The lowest BCUT2D eigenvalue weighted by molar-refractivity contribution is -0.249. The molecule has 2 heteroatoms. The molecule has 0 radical (unpaired) electrons. The molecule has 0 amide bonds. The van der Waals surface area contributed by atoms with Gasteiger partial charge in [-0.1, -0.05) is 125 Å². The van der Waals surface area contributed by atoms with Gasteiger partial charge in [-0.3, -0.25) is 4.79 Å². The monoisotopic (exact) mass is 637 g/mol. The fourth-order valence-electron chi connectivity index (χ4n) is 13.8. The zero-order valence-electron chi connectivity index (χ0n) is 32.0. The first kappa shape index (κ1) is 36.5. The number of hydrogen-bond donors (Lipinski definition) is 0. The quantitative estimate of drug-likeness (QED) is 0.108. The van der Waals surface area contributed by atoms with E-state index < -0.39 is 0 Å². The Morgan fingerprint density at radius 2 is 1.30 bits per heavy atom. The number of allylic oxidation sites excluding steroid dienone is 1. The van der Waals surface area contributed by atoms with Gasteiger partial charge in [0.2, 0.25) is 0 Å². The molecule has 5 saturated carbocycles. The van der Waals surface area contributed by atoms with Crippen molar-refractivity contribution in [3.05, 3.63) is 12.2 Å². The number of rotatable bonds is 14. The molecule has 0 bridgehead atoms. The number of hydrogen-bond acceptors (Lipinski definition) is 2. The van der Waals surface area contributed by atoms with Gasteiger partial charge in [0.25, 0.3) is 0 Å². The van der Waals surface area contributed by atoms with Crippen molar-refractivity contribution in [1.82, 2.24) is 0 Å². The van der Waals surface area contributed by atoms with Crippen LogP contribution in [0.1, 0.15) is 197 Å². The number of fused-ring (bicyclic) bond motifs is 7. The van der Waals surface area contributed by atoms with Crippen molar-refractivity contribution in [2.24, 2.45) is 56.7 Å². The van der Waals surface area contributed by atoms with Crippen LogP contribution in [0.5, 0.6) is 0 Å². The molecule has 0 N–H and O–H groups in total.